The Morgan fingerprint density at radius 3 is 1.82 bits per heavy atom. The number of nitrogen functional groups attached to an aromatic ring is 1. The van der Waals surface area contributed by atoms with Gasteiger partial charge in [0.15, 0.2) is 11.4 Å². The maximum Gasteiger partial charge on any atom is 0.457 e. The van der Waals surface area contributed by atoms with Crippen molar-refractivity contribution in [1.82, 2.24) is 5.32 Å². The van der Waals surface area contributed by atoms with Crippen molar-refractivity contribution in [3.05, 3.63) is 173 Å². The fraction of sp³-hybridized carbons (Fsp3) is 0.130. The van der Waals surface area contributed by atoms with Gasteiger partial charge in [-0.05, 0) is 79.1 Å². The number of phenolic OH excluding ortho intramolecular Hbond substituents is 2. The van der Waals surface area contributed by atoms with E-state index in [0.717, 1.165) is 0 Å². The molecule has 61 heavy (non-hydrogen) atoms. The zero-order valence-electron chi connectivity index (χ0n) is 32.4. The summed E-state index contributed by atoms with van der Waals surface area (Å²) in [5.41, 5.74) is 7.07. The van der Waals surface area contributed by atoms with Crippen molar-refractivity contribution in [2.45, 2.75) is 37.1 Å². The molecule has 6 aromatic carbocycles. The van der Waals surface area contributed by atoms with E-state index in [2.05, 4.69) is 10.6 Å². The molecule has 1 unspecified atom stereocenters. The third-order valence-corrected chi connectivity index (χ3v) is 12.2. The van der Waals surface area contributed by atoms with Crippen molar-refractivity contribution in [2.24, 2.45) is 5.73 Å². The van der Waals surface area contributed by atoms with Gasteiger partial charge in [-0.25, -0.2) is 9.36 Å². The number of phenols is 2. The predicted molar refractivity (Wildman–Crippen MR) is 225 cm³/mol. The van der Waals surface area contributed by atoms with E-state index in [1.54, 1.807) is 109 Å². The highest BCUT2D eigenvalue weighted by atomic mass is 31.2. The predicted octanol–water partition coefficient (Wildman–Crippen LogP) is 8.61. The summed E-state index contributed by atoms with van der Waals surface area (Å²) in [7, 11) is -4.28. The molecule has 0 fully saturated rings. The maximum atomic E-state index is 14.9. The minimum atomic E-state index is -4.28. The van der Waals surface area contributed by atoms with Crippen molar-refractivity contribution in [3.8, 4) is 34.5 Å². The summed E-state index contributed by atoms with van der Waals surface area (Å²) in [4.78, 5) is 40.2. The quantitative estimate of drug-likeness (QED) is 0.0200. The number of ether oxygens (including phenoxy) is 2. The SMILES string of the molecule is N=C(N)c1ccc(C(NC(=O)CCCCC(=O)Nc2ccc3c(c2)C(=O)OC32c3ccc(O)cc3Oc3cc(O)ccc32)P(=O)(Oc2ccccc2)Oc2ccccc2)cc1. The van der Waals surface area contributed by atoms with Crippen LogP contribution in [0.2, 0.25) is 0 Å². The van der Waals surface area contributed by atoms with Crippen LogP contribution in [0.3, 0.4) is 0 Å². The fourth-order valence-electron chi connectivity index (χ4n) is 7.37. The Morgan fingerprint density at radius 2 is 1.26 bits per heavy atom. The Hall–Kier alpha value is -7.57. The lowest BCUT2D eigenvalue weighted by Gasteiger charge is -2.36. The zero-order chi connectivity index (χ0) is 42.7. The van der Waals surface area contributed by atoms with Gasteiger partial charge < -0.3 is 45.1 Å². The summed E-state index contributed by atoms with van der Waals surface area (Å²) in [6, 6.07) is 37.1. The first-order valence-electron chi connectivity index (χ1n) is 19.3. The summed E-state index contributed by atoms with van der Waals surface area (Å²) in [5.74, 6) is -2.01. The number of esters is 1. The number of amides is 2. The molecule has 308 valence electrons. The number of hydrogen-bond donors (Lipinski definition) is 6. The molecule has 0 bridgehead atoms. The van der Waals surface area contributed by atoms with Crippen LogP contribution in [0.15, 0.2) is 140 Å². The van der Waals surface area contributed by atoms with Crippen molar-refractivity contribution in [2.75, 3.05) is 5.32 Å². The first-order valence-corrected chi connectivity index (χ1v) is 20.9. The number of para-hydroxylation sites is 2. The number of aromatic hydroxyl groups is 2. The molecular weight excluding hydrogens is 799 g/mol. The number of nitrogens with one attached hydrogen (secondary N) is 3. The molecule has 1 atom stereocenters. The molecule has 7 N–H and O–H groups in total. The van der Waals surface area contributed by atoms with Gasteiger partial charge in [0.2, 0.25) is 11.8 Å². The lowest BCUT2D eigenvalue weighted by molar-refractivity contribution is -0.122. The second kappa shape index (κ2) is 16.6. The van der Waals surface area contributed by atoms with Crippen molar-refractivity contribution in [1.29, 1.82) is 5.41 Å². The van der Waals surface area contributed by atoms with Gasteiger partial charge in [-0.2, -0.15) is 0 Å². The first-order chi connectivity index (χ1) is 29.4. The number of carbonyl (C=O) groups is 3. The second-order valence-electron chi connectivity index (χ2n) is 14.4. The molecule has 2 heterocycles. The van der Waals surface area contributed by atoms with Crippen LogP contribution in [0, 0.1) is 5.41 Å². The maximum absolute atomic E-state index is 14.9. The summed E-state index contributed by atoms with van der Waals surface area (Å²) in [5, 5.41) is 33.9. The molecular formula is C46H39N4O10P. The summed E-state index contributed by atoms with van der Waals surface area (Å²) < 4.78 is 39.1. The van der Waals surface area contributed by atoms with Crippen LogP contribution in [0.5, 0.6) is 34.5 Å². The topological polar surface area (TPSA) is 220 Å². The second-order valence-corrected chi connectivity index (χ2v) is 16.4. The fourth-order valence-corrected chi connectivity index (χ4v) is 9.29. The molecule has 15 heteroatoms. The molecule has 2 aliphatic heterocycles. The van der Waals surface area contributed by atoms with Crippen molar-refractivity contribution in [3.63, 3.8) is 0 Å². The Morgan fingerprint density at radius 1 is 0.721 bits per heavy atom. The average molecular weight is 839 g/mol. The van der Waals surface area contributed by atoms with Crippen molar-refractivity contribution < 1.29 is 47.7 Å². The number of nitrogens with two attached hydrogens (primary N) is 1. The number of anilines is 1. The van der Waals surface area contributed by atoms with Gasteiger partial charge in [0, 0.05) is 52.9 Å². The van der Waals surface area contributed by atoms with Gasteiger partial charge in [0.1, 0.15) is 40.3 Å². The highest BCUT2D eigenvalue weighted by Crippen LogP contribution is 2.59. The molecule has 0 aliphatic carbocycles. The van der Waals surface area contributed by atoms with Crippen molar-refractivity contribution >= 4 is 36.9 Å². The van der Waals surface area contributed by atoms with Crippen LogP contribution in [0.1, 0.15) is 69.6 Å². The van der Waals surface area contributed by atoms with Gasteiger partial charge in [0.25, 0.3) is 0 Å². The molecule has 8 rings (SSSR count). The van der Waals surface area contributed by atoms with Crippen LogP contribution in [0.25, 0.3) is 0 Å². The third kappa shape index (κ3) is 8.21. The number of amidine groups is 1. The van der Waals surface area contributed by atoms with Gasteiger partial charge in [-0.15, -0.1) is 0 Å². The number of unbranched alkanes of at least 4 members (excludes halogenated alkanes) is 1. The number of carbonyl (C=O) groups excluding carboxylic acids is 3. The molecule has 1 spiro atoms. The van der Waals surface area contributed by atoms with Crippen LogP contribution in [-0.4, -0.2) is 33.8 Å². The van der Waals surface area contributed by atoms with Crippen LogP contribution >= 0.6 is 7.60 Å². The Kier molecular flexibility index (Phi) is 10.9. The average Bonchev–Trinajstić information content (AvgIpc) is 3.53. The van der Waals surface area contributed by atoms with Gasteiger partial charge in [-0.1, -0.05) is 66.7 Å². The first kappa shape index (κ1) is 40.2. The van der Waals surface area contributed by atoms with Crippen LogP contribution < -0.4 is 30.2 Å². The highest BCUT2D eigenvalue weighted by Gasteiger charge is 2.54. The van der Waals surface area contributed by atoms with E-state index in [1.165, 1.54) is 30.3 Å². The minimum absolute atomic E-state index is 0.0268. The Balaban J connectivity index is 0.949. The number of hydrogen-bond acceptors (Lipinski definition) is 11. The van der Waals surface area contributed by atoms with E-state index >= 15 is 0 Å². The molecule has 14 nitrogen and oxygen atoms in total. The summed E-state index contributed by atoms with van der Waals surface area (Å²) in [6.45, 7) is 0. The zero-order valence-corrected chi connectivity index (χ0v) is 33.3. The monoisotopic (exact) mass is 838 g/mol. The minimum Gasteiger partial charge on any atom is -0.508 e. The van der Waals surface area contributed by atoms with Crippen LogP contribution in [-0.2, 0) is 24.5 Å². The third-order valence-electron chi connectivity index (χ3n) is 10.2. The van der Waals surface area contributed by atoms with E-state index in [9.17, 15) is 29.2 Å². The number of fused-ring (bicyclic) bond motifs is 6. The Bertz CT molecular complexity index is 2610. The number of benzene rings is 6. The molecule has 0 radical (unpaired) electrons. The molecule has 6 aromatic rings. The summed E-state index contributed by atoms with van der Waals surface area (Å²) in [6.07, 6.45) is 0.635. The largest absolute Gasteiger partial charge is 0.508 e. The van der Waals surface area contributed by atoms with Gasteiger partial charge >= 0.3 is 13.6 Å². The lowest BCUT2D eigenvalue weighted by Crippen LogP contribution is -2.32. The summed E-state index contributed by atoms with van der Waals surface area (Å²) >= 11 is 0. The van der Waals surface area contributed by atoms with E-state index in [-0.39, 0.29) is 64.6 Å². The van der Waals surface area contributed by atoms with E-state index in [4.69, 9.17) is 29.7 Å². The molecule has 2 aliphatic rings. The lowest BCUT2D eigenvalue weighted by atomic mass is 9.77. The van der Waals surface area contributed by atoms with E-state index in [1.807, 2.05) is 0 Å². The van der Waals surface area contributed by atoms with Gasteiger partial charge in [-0.3, -0.25) is 15.0 Å². The standard InChI is InChI=1S/C46H39N4O10P/c47-43(48)28-15-17-29(18-16-28)44(61(56,59-33-9-3-1-4-10-33)60-34-11-5-2-6-12-34)50-42(54)14-8-7-13-41(53)49-30-19-22-36-35(25-30)45(55)58-46(36)37-23-20-31(51)26-39(37)57-40-27-32(52)21-24-38(40)46/h1-6,9-12,15-27,44,51-52H,7-8,13-14H2,(H3,47,48)(H,49,53)(H,50,54). The molecule has 2 amide bonds. The smallest absolute Gasteiger partial charge is 0.457 e. The Labute approximate surface area is 349 Å². The molecule has 0 saturated heterocycles. The van der Waals surface area contributed by atoms with Gasteiger partial charge in [0.05, 0.1) is 5.56 Å². The van der Waals surface area contributed by atoms with E-state index in [0.29, 0.717) is 46.3 Å². The normalized spacial score (nSPS) is 13.7. The van der Waals surface area contributed by atoms with E-state index < -0.39 is 30.9 Å². The number of rotatable bonds is 14. The highest BCUT2D eigenvalue weighted by molar-refractivity contribution is 7.55. The van der Waals surface area contributed by atoms with Crippen LogP contribution in [0.4, 0.5) is 5.69 Å². The molecule has 0 aromatic heterocycles. The molecule has 0 saturated carbocycles.